The maximum absolute atomic E-state index is 12.1. The van der Waals surface area contributed by atoms with Crippen molar-refractivity contribution in [2.75, 3.05) is 139 Å². The number of hydrogen-bond donors (Lipinski definition) is 0. The fraction of sp³-hybridized carbons (Fsp3) is 0.850. The first-order valence-corrected chi connectivity index (χ1v) is 21.7. The van der Waals surface area contributed by atoms with E-state index >= 15 is 0 Å². The zero-order valence-corrected chi connectivity index (χ0v) is 34.5. The van der Waals surface area contributed by atoms with Crippen molar-refractivity contribution in [1.29, 1.82) is 0 Å². The van der Waals surface area contributed by atoms with Gasteiger partial charge in [-0.05, 0) is 25.5 Å². The van der Waals surface area contributed by atoms with Crippen molar-refractivity contribution >= 4 is 10.1 Å². The third-order valence-electron chi connectivity index (χ3n) is 8.02. The van der Waals surface area contributed by atoms with E-state index in [4.69, 9.17) is 51.6 Å². The minimum atomic E-state index is -3.77. The minimum Gasteiger partial charge on any atom is -0.379 e. The highest BCUT2D eigenvalue weighted by atomic mass is 32.2. The van der Waals surface area contributed by atoms with Crippen LogP contribution in [0.2, 0.25) is 0 Å². The molecule has 0 aliphatic heterocycles. The summed E-state index contributed by atoms with van der Waals surface area (Å²) >= 11 is 0. The Balaban J connectivity index is 1.65. The van der Waals surface area contributed by atoms with Crippen LogP contribution in [0.3, 0.4) is 0 Å². The highest BCUT2D eigenvalue weighted by molar-refractivity contribution is 7.86. The van der Waals surface area contributed by atoms with Crippen LogP contribution in [0.15, 0.2) is 29.2 Å². The third kappa shape index (κ3) is 35.2. The SMILES string of the molecule is CCCCCCCCCCCCCOCCOCCOCCOCCOCCOCCOCCOCCOCCOCCOS(=O)(=O)c1ccc(C)cc1. The molecule has 0 atom stereocenters. The van der Waals surface area contributed by atoms with Crippen LogP contribution in [0.5, 0.6) is 0 Å². The first-order valence-electron chi connectivity index (χ1n) is 20.3. The lowest BCUT2D eigenvalue weighted by atomic mass is 10.1. The second-order valence-corrected chi connectivity index (χ2v) is 14.4. The molecule has 14 heteroatoms. The lowest BCUT2D eigenvalue weighted by molar-refractivity contribution is -0.0267. The van der Waals surface area contributed by atoms with Gasteiger partial charge in [0, 0.05) is 6.61 Å². The fourth-order valence-electron chi connectivity index (χ4n) is 4.93. The van der Waals surface area contributed by atoms with Crippen molar-refractivity contribution in [3.8, 4) is 0 Å². The predicted molar refractivity (Wildman–Crippen MR) is 209 cm³/mol. The Morgan fingerprint density at radius 1 is 0.352 bits per heavy atom. The molecule has 54 heavy (non-hydrogen) atoms. The Morgan fingerprint density at radius 2 is 0.611 bits per heavy atom. The van der Waals surface area contributed by atoms with Gasteiger partial charge >= 0.3 is 0 Å². The Bertz CT molecular complexity index is 998. The maximum Gasteiger partial charge on any atom is 0.297 e. The number of ether oxygens (including phenoxy) is 10. The van der Waals surface area contributed by atoms with E-state index in [0.717, 1.165) is 18.6 Å². The van der Waals surface area contributed by atoms with Crippen LogP contribution in [-0.4, -0.2) is 147 Å². The maximum atomic E-state index is 12.1. The van der Waals surface area contributed by atoms with E-state index < -0.39 is 10.1 Å². The van der Waals surface area contributed by atoms with E-state index in [1.54, 1.807) is 12.1 Å². The lowest BCUT2D eigenvalue weighted by Gasteiger charge is -2.09. The molecule has 0 aliphatic rings. The van der Waals surface area contributed by atoms with Crippen LogP contribution in [-0.2, 0) is 61.7 Å². The highest BCUT2D eigenvalue weighted by Crippen LogP contribution is 2.13. The molecule has 0 fully saturated rings. The highest BCUT2D eigenvalue weighted by Gasteiger charge is 2.14. The monoisotopic (exact) mass is 794 g/mol. The number of unbranched alkanes of at least 4 members (excludes halogenated alkanes) is 10. The topological polar surface area (TPSA) is 136 Å². The van der Waals surface area contributed by atoms with Gasteiger partial charge in [-0.15, -0.1) is 0 Å². The average molecular weight is 795 g/mol. The summed E-state index contributed by atoms with van der Waals surface area (Å²) in [6, 6.07) is 6.50. The molecule has 0 radical (unpaired) electrons. The molecular weight excluding hydrogens is 720 g/mol. The van der Waals surface area contributed by atoms with Gasteiger partial charge in [0.15, 0.2) is 0 Å². The van der Waals surface area contributed by atoms with Gasteiger partial charge in [0.1, 0.15) is 0 Å². The van der Waals surface area contributed by atoms with Crippen molar-refractivity contribution in [2.45, 2.75) is 89.4 Å². The Hall–Kier alpha value is -1.27. The van der Waals surface area contributed by atoms with Gasteiger partial charge in [0.25, 0.3) is 10.1 Å². The van der Waals surface area contributed by atoms with E-state index in [0.29, 0.717) is 119 Å². The van der Waals surface area contributed by atoms with Crippen molar-refractivity contribution in [3.63, 3.8) is 0 Å². The molecule has 0 heterocycles. The zero-order chi connectivity index (χ0) is 38.9. The van der Waals surface area contributed by atoms with Gasteiger partial charge in [0.2, 0.25) is 0 Å². The second-order valence-electron chi connectivity index (χ2n) is 12.7. The number of rotatable bonds is 44. The number of hydrogen-bond acceptors (Lipinski definition) is 13. The van der Waals surface area contributed by atoms with Gasteiger partial charge in [-0.2, -0.15) is 8.42 Å². The first kappa shape index (κ1) is 50.7. The molecule has 0 unspecified atom stereocenters. The Kier molecular flexibility index (Phi) is 37.5. The van der Waals surface area contributed by atoms with Crippen LogP contribution in [0.1, 0.15) is 83.1 Å². The summed E-state index contributed by atoms with van der Waals surface area (Å²) in [5.41, 5.74) is 0.977. The molecule has 0 amide bonds. The largest absolute Gasteiger partial charge is 0.379 e. The van der Waals surface area contributed by atoms with Gasteiger partial charge in [-0.3, -0.25) is 4.18 Å². The van der Waals surface area contributed by atoms with Crippen molar-refractivity contribution in [3.05, 3.63) is 29.8 Å². The van der Waals surface area contributed by atoms with Crippen molar-refractivity contribution in [1.82, 2.24) is 0 Å². The van der Waals surface area contributed by atoms with Crippen molar-refractivity contribution < 1.29 is 60.0 Å². The molecule has 318 valence electrons. The predicted octanol–water partition coefficient (Wildman–Crippen LogP) is 6.18. The molecular formula is C40H74O13S. The molecule has 1 rings (SSSR count). The van der Waals surface area contributed by atoms with Gasteiger partial charge in [0.05, 0.1) is 137 Å². The van der Waals surface area contributed by atoms with Crippen LogP contribution >= 0.6 is 0 Å². The summed E-state index contributed by atoms with van der Waals surface area (Å²) in [5, 5.41) is 0. The Labute approximate surface area is 327 Å². The molecule has 0 saturated carbocycles. The molecule has 0 spiro atoms. The van der Waals surface area contributed by atoms with Crippen LogP contribution in [0.25, 0.3) is 0 Å². The van der Waals surface area contributed by atoms with E-state index in [1.165, 1.54) is 76.3 Å². The average Bonchev–Trinajstić information content (AvgIpc) is 3.17. The van der Waals surface area contributed by atoms with Crippen LogP contribution in [0.4, 0.5) is 0 Å². The smallest absolute Gasteiger partial charge is 0.297 e. The zero-order valence-electron chi connectivity index (χ0n) is 33.7. The van der Waals surface area contributed by atoms with Crippen LogP contribution < -0.4 is 0 Å². The van der Waals surface area contributed by atoms with E-state index in [-0.39, 0.29) is 18.1 Å². The molecule has 0 bridgehead atoms. The lowest BCUT2D eigenvalue weighted by Crippen LogP contribution is -2.15. The van der Waals surface area contributed by atoms with E-state index in [1.807, 2.05) is 6.92 Å². The van der Waals surface area contributed by atoms with E-state index in [9.17, 15) is 8.42 Å². The molecule has 0 aliphatic carbocycles. The fourth-order valence-corrected chi connectivity index (χ4v) is 5.82. The number of aryl methyl sites for hydroxylation is 1. The van der Waals surface area contributed by atoms with E-state index in [2.05, 4.69) is 6.92 Å². The molecule has 13 nitrogen and oxygen atoms in total. The normalized spacial score (nSPS) is 11.9. The third-order valence-corrected chi connectivity index (χ3v) is 9.34. The minimum absolute atomic E-state index is 0.0568. The summed E-state index contributed by atoms with van der Waals surface area (Å²) < 4.78 is 84.2. The summed E-state index contributed by atoms with van der Waals surface area (Å²) in [5.74, 6) is 0. The second kappa shape index (κ2) is 39.9. The van der Waals surface area contributed by atoms with Gasteiger partial charge in [-0.25, -0.2) is 0 Å². The Morgan fingerprint density at radius 3 is 0.926 bits per heavy atom. The standard InChI is InChI=1S/C40H74O13S/c1-3-4-5-6-7-8-9-10-11-12-13-18-43-19-20-44-21-22-45-23-24-46-25-26-47-27-28-48-29-30-49-31-32-50-33-34-51-35-36-52-37-38-53-54(41,42)40-16-14-39(2)15-17-40/h14-17H,3-13,18-38H2,1-2H3. The van der Waals surface area contributed by atoms with Gasteiger partial charge < -0.3 is 47.4 Å². The van der Waals surface area contributed by atoms with Crippen LogP contribution in [0, 0.1) is 6.92 Å². The molecule has 0 aromatic heterocycles. The summed E-state index contributed by atoms with van der Waals surface area (Å²) in [6.07, 6.45) is 14.8. The quantitative estimate of drug-likeness (QED) is 0.0551. The molecule has 1 aromatic rings. The molecule has 1 aromatic carbocycles. The molecule has 0 N–H and O–H groups in total. The summed E-state index contributed by atoms with van der Waals surface area (Å²) in [4.78, 5) is 0.131. The number of benzene rings is 1. The van der Waals surface area contributed by atoms with Gasteiger partial charge in [-0.1, -0.05) is 88.8 Å². The van der Waals surface area contributed by atoms with Crippen molar-refractivity contribution in [2.24, 2.45) is 0 Å². The summed E-state index contributed by atoms with van der Waals surface area (Å²) in [7, 11) is -3.77. The molecule has 0 saturated heterocycles. The summed E-state index contributed by atoms with van der Waals surface area (Å²) in [6.45, 7) is 14.0. The first-order chi connectivity index (χ1) is 26.6.